The zero-order valence-corrected chi connectivity index (χ0v) is 13.6. The number of benzene rings is 1. The summed E-state index contributed by atoms with van der Waals surface area (Å²) in [5.74, 6) is -0.0664. The Morgan fingerprint density at radius 2 is 2.10 bits per heavy atom. The fourth-order valence-electron chi connectivity index (χ4n) is 1.77. The number of hydrogen-bond donors (Lipinski definition) is 2. The SMILES string of the molecule is O=C(NCCCNc1ccnc(Cl)c1)c1cccc(Br)c1. The van der Waals surface area contributed by atoms with Gasteiger partial charge in [-0.2, -0.15) is 0 Å². The summed E-state index contributed by atoms with van der Waals surface area (Å²) in [4.78, 5) is 15.8. The number of anilines is 1. The predicted octanol–water partition coefficient (Wildman–Crippen LogP) is 3.73. The van der Waals surface area contributed by atoms with Crippen LogP contribution >= 0.6 is 27.5 Å². The first kappa shape index (κ1) is 15.8. The molecule has 6 heteroatoms. The molecule has 1 aromatic carbocycles. The fourth-order valence-corrected chi connectivity index (χ4v) is 2.34. The van der Waals surface area contributed by atoms with Crippen LogP contribution in [0.5, 0.6) is 0 Å². The molecule has 0 spiro atoms. The van der Waals surface area contributed by atoms with Crippen LogP contribution in [0.4, 0.5) is 5.69 Å². The number of carbonyl (C=O) groups is 1. The molecule has 0 aliphatic carbocycles. The molecule has 1 heterocycles. The Hall–Kier alpha value is -1.59. The van der Waals surface area contributed by atoms with E-state index < -0.39 is 0 Å². The minimum absolute atomic E-state index is 0.0664. The van der Waals surface area contributed by atoms with Crippen molar-refractivity contribution in [3.05, 3.63) is 57.8 Å². The lowest BCUT2D eigenvalue weighted by Gasteiger charge is -2.08. The molecule has 4 nitrogen and oxygen atoms in total. The summed E-state index contributed by atoms with van der Waals surface area (Å²) in [6.07, 6.45) is 2.47. The van der Waals surface area contributed by atoms with E-state index >= 15 is 0 Å². The van der Waals surface area contributed by atoms with Crippen molar-refractivity contribution in [2.24, 2.45) is 0 Å². The van der Waals surface area contributed by atoms with E-state index in [1.54, 1.807) is 24.4 Å². The molecule has 2 rings (SSSR count). The highest BCUT2D eigenvalue weighted by molar-refractivity contribution is 9.10. The van der Waals surface area contributed by atoms with E-state index in [2.05, 4.69) is 31.5 Å². The van der Waals surface area contributed by atoms with Crippen LogP contribution in [0, 0.1) is 0 Å². The maximum atomic E-state index is 11.9. The number of carbonyl (C=O) groups excluding carboxylic acids is 1. The van der Waals surface area contributed by atoms with Gasteiger partial charge in [-0.1, -0.05) is 33.6 Å². The molecule has 0 atom stereocenters. The van der Waals surface area contributed by atoms with E-state index in [9.17, 15) is 4.79 Å². The Balaban J connectivity index is 1.69. The first-order valence-electron chi connectivity index (χ1n) is 6.54. The number of nitrogens with one attached hydrogen (secondary N) is 2. The lowest BCUT2D eigenvalue weighted by molar-refractivity contribution is 0.0953. The Morgan fingerprint density at radius 3 is 2.86 bits per heavy atom. The molecular weight excluding hydrogens is 354 g/mol. The summed E-state index contributed by atoms with van der Waals surface area (Å²) in [6.45, 7) is 1.36. The summed E-state index contributed by atoms with van der Waals surface area (Å²) in [6, 6.07) is 10.9. The van der Waals surface area contributed by atoms with Gasteiger partial charge in [0.05, 0.1) is 0 Å². The van der Waals surface area contributed by atoms with Crippen LogP contribution in [0.3, 0.4) is 0 Å². The van der Waals surface area contributed by atoms with Crippen molar-refractivity contribution >= 4 is 39.1 Å². The van der Waals surface area contributed by atoms with Crippen LogP contribution in [-0.2, 0) is 0 Å². The molecule has 0 unspecified atom stereocenters. The van der Waals surface area contributed by atoms with Gasteiger partial charge in [-0.15, -0.1) is 0 Å². The Labute approximate surface area is 137 Å². The van der Waals surface area contributed by atoms with E-state index in [-0.39, 0.29) is 5.91 Å². The van der Waals surface area contributed by atoms with Crippen LogP contribution in [0.2, 0.25) is 5.15 Å². The second-order valence-electron chi connectivity index (χ2n) is 4.41. The molecule has 0 bridgehead atoms. The van der Waals surface area contributed by atoms with Crippen molar-refractivity contribution in [1.82, 2.24) is 10.3 Å². The smallest absolute Gasteiger partial charge is 0.251 e. The van der Waals surface area contributed by atoms with Gasteiger partial charge in [-0.25, -0.2) is 4.98 Å². The number of halogens is 2. The predicted molar refractivity (Wildman–Crippen MR) is 88.8 cm³/mol. The number of pyridine rings is 1. The van der Waals surface area contributed by atoms with Gasteiger partial charge >= 0.3 is 0 Å². The Bertz CT molecular complexity index is 621. The molecule has 0 aliphatic heterocycles. The van der Waals surface area contributed by atoms with Crippen LogP contribution in [0.15, 0.2) is 47.1 Å². The van der Waals surface area contributed by atoms with Gasteiger partial charge in [0, 0.05) is 35.0 Å². The number of hydrogen-bond acceptors (Lipinski definition) is 3. The third-order valence-electron chi connectivity index (χ3n) is 2.78. The van der Waals surface area contributed by atoms with Crippen LogP contribution in [0.1, 0.15) is 16.8 Å². The summed E-state index contributed by atoms with van der Waals surface area (Å²) in [5, 5.41) is 6.57. The molecule has 2 N–H and O–H groups in total. The van der Waals surface area contributed by atoms with Crippen molar-refractivity contribution in [3.63, 3.8) is 0 Å². The number of rotatable bonds is 6. The Morgan fingerprint density at radius 1 is 1.24 bits per heavy atom. The van der Waals surface area contributed by atoms with Gasteiger partial charge in [-0.05, 0) is 36.8 Å². The van der Waals surface area contributed by atoms with Gasteiger partial charge in [0.15, 0.2) is 0 Å². The van der Waals surface area contributed by atoms with E-state index in [1.165, 1.54) is 0 Å². The second-order valence-corrected chi connectivity index (χ2v) is 5.72. The van der Waals surface area contributed by atoms with Crippen LogP contribution < -0.4 is 10.6 Å². The van der Waals surface area contributed by atoms with E-state index in [0.717, 1.165) is 23.1 Å². The zero-order chi connectivity index (χ0) is 15.1. The molecule has 0 aliphatic rings. The van der Waals surface area contributed by atoms with Crippen molar-refractivity contribution in [3.8, 4) is 0 Å². The van der Waals surface area contributed by atoms with E-state index in [1.807, 2.05) is 18.2 Å². The van der Waals surface area contributed by atoms with Crippen LogP contribution in [0.25, 0.3) is 0 Å². The van der Waals surface area contributed by atoms with Gasteiger partial charge < -0.3 is 10.6 Å². The quantitative estimate of drug-likeness (QED) is 0.603. The highest BCUT2D eigenvalue weighted by Gasteiger charge is 2.04. The summed E-state index contributed by atoms with van der Waals surface area (Å²) in [7, 11) is 0. The third-order valence-corrected chi connectivity index (χ3v) is 3.48. The van der Waals surface area contributed by atoms with Crippen LogP contribution in [-0.4, -0.2) is 24.0 Å². The normalized spacial score (nSPS) is 10.2. The molecular formula is C15H15BrClN3O. The summed E-state index contributed by atoms with van der Waals surface area (Å²) in [5.41, 5.74) is 1.58. The molecule has 0 saturated heterocycles. The average Bonchev–Trinajstić information content (AvgIpc) is 2.47. The zero-order valence-electron chi connectivity index (χ0n) is 11.3. The molecule has 21 heavy (non-hydrogen) atoms. The van der Waals surface area contributed by atoms with Crippen molar-refractivity contribution in [2.45, 2.75) is 6.42 Å². The fraction of sp³-hybridized carbons (Fsp3) is 0.200. The second kappa shape index (κ2) is 8.00. The minimum Gasteiger partial charge on any atom is -0.385 e. The highest BCUT2D eigenvalue weighted by atomic mass is 79.9. The van der Waals surface area contributed by atoms with Gasteiger partial charge in [0.1, 0.15) is 5.15 Å². The minimum atomic E-state index is -0.0664. The van der Waals surface area contributed by atoms with E-state index in [0.29, 0.717) is 17.3 Å². The monoisotopic (exact) mass is 367 g/mol. The standard InChI is InChI=1S/C15H15BrClN3O/c16-12-4-1-3-11(9-12)15(21)20-7-2-6-18-13-5-8-19-14(17)10-13/h1,3-5,8-10H,2,6-7H2,(H,18,19)(H,20,21). The topological polar surface area (TPSA) is 54.0 Å². The summed E-state index contributed by atoms with van der Waals surface area (Å²) < 4.78 is 0.895. The molecule has 1 amide bonds. The average molecular weight is 369 g/mol. The van der Waals surface area contributed by atoms with Crippen molar-refractivity contribution in [1.29, 1.82) is 0 Å². The van der Waals surface area contributed by atoms with E-state index in [4.69, 9.17) is 11.6 Å². The van der Waals surface area contributed by atoms with Gasteiger partial charge in [-0.3, -0.25) is 4.79 Å². The highest BCUT2D eigenvalue weighted by Crippen LogP contribution is 2.12. The van der Waals surface area contributed by atoms with Gasteiger partial charge in [0.2, 0.25) is 0 Å². The first-order valence-corrected chi connectivity index (χ1v) is 7.71. The number of aromatic nitrogens is 1. The third kappa shape index (κ3) is 5.36. The number of nitrogens with zero attached hydrogens (tertiary/aromatic N) is 1. The van der Waals surface area contributed by atoms with Crippen molar-refractivity contribution < 1.29 is 4.79 Å². The van der Waals surface area contributed by atoms with Gasteiger partial charge in [0.25, 0.3) is 5.91 Å². The molecule has 2 aromatic rings. The largest absolute Gasteiger partial charge is 0.385 e. The van der Waals surface area contributed by atoms with Crippen molar-refractivity contribution in [2.75, 3.05) is 18.4 Å². The Kier molecular flexibility index (Phi) is 6.02. The molecule has 0 saturated carbocycles. The lowest BCUT2D eigenvalue weighted by atomic mass is 10.2. The maximum Gasteiger partial charge on any atom is 0.251 e. The summed E-state index contributed by atoms with van der Waals surface area (Å²) >= 11 is 9.14. The molecule has 1 aromatic heterocycles. The number of amides is 1. The molecule has 0 radical (unpaired) electrons. The lowest BCUT2D eigenvalue weighted by Crippen LogP contribution is -2.25. The maximum absolute atomic E-state index is 11.9. The molecule has 110 valence electrons. The molecule has 0 fully saturated rings. The first-order chi connectivity index (χ1) is 10.1.